The molecule has 2 aromatic rings. The molecule has 1 aliphatic heterocycles. The van der Waals surface area contributed by atoms with Crippen LogP contribution in [0.15, 0.2) is 34.8 Å². The van der Waals surface area contributed by atoms with Crippen LogP contribution in [0.3, 0.4) is 0 Å². The molecule has 1 aliphatic rings. The van der Waals surface area contributed by atoms with Crippen molar-refractivity contribution in [2.75, 3.05) is 6.54 Å². The molecule has 31 heavy (non-hydrogen) atoms. The molecule has 1 saturated heterocycles. The van der Waals surface area contributed by atoms with Gasteiger partial charge in [0.25, 0.3) is 5.69 Å². The summed E-state index contributed by atoms with van der Waals surface area (Å²) in [4.78, 5) is 42.9. The van der Waals surface area contributed by atoms with E-state index >= 15 is 0 Å². The molecule has 0 N–H and O–H groups in total. The summed E-state index contributed by atoms with van der Waals surface area (Å²) < 4.78 is 5.45. The number of hydrogen-bond donors (Lipinski definition) is 0. The van der Waals surface area contributed by atoms with Crippen LogP contribution in [0.1, 0.15) is 36.0 Å². The molecule has 2 heterocycles. The summed E-state index contributed by atoms with van der Waals surface area (Å²) in [6.07, 6.45) is 0.590. The third-order valence-electron chi connectivity index (χ3n) is 4.56. The average molecular weight is 463 g/mol. The maximum absolute atomic E-state index is 12.9. The van der Waals surface area contributed by atoms with E-state index in [4.69, 9.17) is 10.3 Å². The van der Waals surface area contributed by atoms with Gasteiger partial charge in [0, 0.05) is 35.9 Å². The number of hydrogen-bond acceptors (Lipinski definition) is 9. The number of azide groups is 1. The van der Waals surface area contributed by atoms with E-state index in [0.29, 0.717) is 35.7 Å². The fourth-order valence-corrected chi connectivity index (χ4v) is 5.58. The predicted molar refractivity (Wildman–Crippen MR) is 114 cm³/mol. The van der Waals surface area contributed by atoms with Gasteiger partial charge in [-0.25, -0.2) is 9.78 Å². The Balaban J connectivity index is 1.79. The third-order valence-corrected chi connectivity index (χ3v) is 6.97. The zero-order valence-corrected chi connectivity index (χ0v) is 18.1. The van der Waals surface area contributed by atoms with Gasteiger partial charge in [0.05, 0.1) is 17.2 Å². The van der Waals surface area contributed by atoms with Crippen LogP contribution in [0.4, 0.5) is 10.5 Å². The van der Waals surface area contributed by atoms with Gasteiger partial charge in [0.15, 0.2) is 9.99 Å². The first-order valence-electron chi connectivity index (χ1n) is 9.19. The second-order valence-corrected chi connectivity index (χ2v) is 8.96. The number of ether oxygens (including phenoxy) is 1. The minimum absolute atomic E-state index is 0.0493. The van der Waals surface area contributed by atoms with Crippen molar-refractivity contribution in [3.63, 3.8) is 0 Å². The number of thioether (sulfide) groups is 1. The highest BCUT2D eigenvalue weighted by molar-refractivity contribution is 8.14. The van der Waals surface area contributed by atoms with Gasteiger partial charge in [-0.3, -0.25) is 19.8 Å². The lowest BCUT2D eigenvalue weighted by Gasteiger charge is -2.34. The normalized spacial score (nSPS) is 17.8. The molecule has 1 atom stereocenters. The summed E-state index contributed by atoms with van der Waals surface area (Å²) in [7, 11) is 0. The van der Waals surface area contributed by atoms with E-state index in [2.05, 4.69) is 15.0 Å². The SMILES string of the molecule is CC(=O)SC1(c2nc(CN=[N+]=[N-])cs2)CCCN1C(=O)OCc1ccc([N+](=O)[O-])cc1. The van der Waals surface area contributed by atoms with Crippen LogP contribution in [0.5, 0.6) is 0 Å². The van der Waals surface area contributed by atoms with E-state index in [1.807, 2.05) is 0 Å². The van der Waals surface area contributed by atoms with Crippen LogP contribution in [-0.4, -0.2) is 32.6 Å². The molecule has 3 rings (SSSR count). The minimum atomic E-state index is -0.988. The van der Waals surface area contributed by atoms with Gasteiger partial charge < -0.3 is 4.74 Å². The summed E-state index contributed by atoms with van der Waals surface area (Å²) in [5.41, 5.74) is 9.63. The van der Waals surface area contributed by atoms with Crippen LogP contribution in [0, 0.1) is 10.1 Å². The second-order valence-electron chi connectivity index (χ2n) is 6.64. The van der Waals surface area contributed by atoms with Crippen molar-refractivity contribution in [3.8, 4) is 0 Å². The molecular formula is C18H18N6O5S2. The fourth-order valence-electron chi connectivity index (χ4n) is 3.24. The largest absolute Gasteiger partial charge is 0.445 e. The molecule has 1 aromatic carbocycles. The molecule has 11 nitrogen and oxygen atoms in total. The number of rotatable bonds is 7. The maximum Gasteiger partial charge on any atom is 0.411 e. The smallest absolute Gasteiger partial charge is 0.411 e. The lowest BCUT2D eigenvalue weighted by Crippen LogP contribution is -2.43. The number of nitrogens with zero attached hydrogens (tertiary/aromatic N) is 6. The zero-order chi connectivity index (χ0) is 22.4. The van der Waals surface area contributed by atoms with Crippen molar-refractivity contribution < 1.29 is 19.2 Å². The Hall–Kier alpha value is -3.15. The van der Waals surface area contributed by atoms with Crippen molar-refractivity contribution in [2.45, 2.75) is 37.8 Å². The number of aromatic nitrogens is 1. The third kappa shape index (κ3) is 5.13. The van der Waals surface area contributed by atoms with Gasteiger partial charge in [0.2, 0.25) is 0 Å². The van der Waals surface area contributed by atoms with E-state index in [0.717, 1.165) is 11.8 Å². The number of likely N-dealkylation sites (tertiary alicyclic amines) is 1. The van der Waals surface area contributed by atoms with E-state index < -0.39 is 15.9 Å². The first-order valence-corrected chi connectivity index (χ1v) is 10.9. The van der Waals surface area contributed by atoms with Gasteiger partial charge in [-0.1, -0.05) is 16.9 Å². The van der Waals surface area contributed by atoms with Crippen molar-refractivity contribution in [3.05, 3.63) is 66.5 Å². The summed E-state index contributed by atoms with van der Waals surface area (Å²) >= 11 is 2.32. The molecule has 13 heteroatoms. The Kier molecular flexibility index (Phi) is 7.10. The number of amides is 1. The van der Waals surface area contributed by atoms with E-state index in [-0.39, 0.29) is 24.0 Å². The van der Waals surface area contributed by atoms with Gasteiger partial charge >= 0.3 is 6.09 Å². The van der Waals surface area contributed by atoms with Crippen molar-refractivity contribution in [2.24, 2.45) is 5.11 Å². The highest BCUT2D eigenvalue weighted by Crippen LogP contribution is 2.49. The summed E-state index contributed by atoms with van der Waals surface area (Å²) in [5.74, 6) is 0. The van der Waals surface area contributed by atoms with Crippen LogP contribution < -0.4 is 0 Å². The van der Waals surface area contributed by atoms with Crippen LogP contribution >= 0.6 is 23.1 Å². The Labute approximate surface area is 185 Å². The number of non-ortho nitro benzene ring substituents is 1. The summed E-state index contributed by atoms with van der Waals surface area (Å²) in [5, 5.41) is 16.4. The monoisotopic (exact) mass is 462 g/mol. The molecule has 0 saturated carbocycles. The molecule has 162 valence electrons. The molecule has 1 unspecified atom stereocenters. The number of nitro benzene ring substituents is 1. The highest BCUT2D eigenvalue weighted by Gasteiger charge is 2.50. The Bertz CT molecular complexity index is 1040. The summed E-state index contributed by atoms with van der Waals surface area (Å²) in [6.45, 7) is 1.84. The molecule has 1 fully saturated rings. The van der Waals surface area contributed by atoms with Crippen LogP contribution in [-0.2, 0) is 27.6 Å². The number of nitro groups is 1. The van der Waals surface area contributed by atoms with Crippen molar-refractivity contribution >= 4 is 40.0 Å². The quantitative estimate of drug-likeness (QED) is 0.190. The lowest BCUT2D eigenvalue weighted by atomic mass is 10.2. The average Bonchev–Trinajstić information content (AvgIpc) is 3.38. The molecular weight excluding hydrogens is 444 g/mol. The first-order chi connectivity index (χ1) is 14.9. The van der Waals surface area contributed by atoms with E-state index in [9.17, 15) is 19.7 Å². The topological polar surface area (TPSA) is 151 Å². The van der Waals surface area contributed by atoms with Gasteiger partial charge in [0.1, 0.15) is 11.6 Å². The van der Waals surface area contributed by atoms with Crippen LogP contribution in [0.25, 0.3) is 10.4 Å². The predicted octanol–water partition coefficient (Wildman–Crippen LogP) is 4.73. The Morgan fingerprint density at radius 1 is 1.45 bits per heavy atom. The number of thiazole rings is 1. The maximum atomic E-state index is 12.9. The molecule has 1 aromatic heterocycles. The number of benzene rings is 1. The van der Waals surface area contributed by atoms with Crippen molar-refractivity contribution in [1.29, 1.82) is 0 Å². The molecule has 0 radical (unpaired) electrons. The van der Waals surface area contributed by atoms with Crippen molar-refractivity contribution in [1.82, 2.24) is 9.88 Å². The van der Waals surface area contributed by atoms with Gasteiger partial charge in [-0.2, -0.15) is 0 Å². The zero-order valence-electron chi connectivity index (χ0n) is 16.5. The van der Waals surface area contributed by atoms with Gasteiger partial charge in [-0.15, -0.1) is 11.3 Å². The highest BCUT2D eigenvalue weighted by atomic mass is 32.2. The molecule has 0 bridgehead atoms. The van der Waals surface area contributed by atoms with E-state index in [1.165, 1.54) is 47.4 Å². The molecule has 0 spiro atoms. The Morgan fingerprint density at radius 2 is 2.19 bits per heavy atom. The van der Waals surface area contributed by atoms with Gasteiger partial charge in [-0.05, 0) is 36.1 Å². The minimum Gasteiger partial charge on any atom is -0.445 e. The first kappa shape index (κ1) is 22.5. The van der Waals surface area contributed by atoms with Crippen LogP contribution in [0.2, 0.25) is 0 Å². The summed E-state index contributed by atoms with van der Waals surface area (Å²) in [6, 6.07) is 5.73. The van der Waals surface area contributed by atoms with E-state index in [1.54, 1.807) is 5.38 Å². The second kappa shape index (κ2) is 9.77. The molecule has 0 aliphatic carbocycles. The Morgan fingerprint density at radius 3 is 2.84 bits per heavy atom. The lowest BCUT2D eigenvalue weighted by molar-refractivity contribution is -0.384. The standard InChI is InChI=1S/C18H18N6O5S2/c1-12(25)31-18(16-21-14(11-30-16)9-20-22-19)7-2-8-23(18)17(26)29-10-13-3-5-15(6-4-13)24(27)28/h3-6,11H,2,7-10H2,1H3. The molecule has 1 amide bonds. The fraction of sp³-hybridized carbons (Fsp3) is 0.389. The number of carbonyl (C=O) groups excluding carboxylic acids is 2. The number of carbonyl (C=O) groups is 2.